The first-order chi connectivity index (χ1) is 14.8. The second-order valence-corrected chi connectivity index (χ2v) is 8.13. The molecule has 4 amide bonds. The molecule has 7 heteroatoms. The van der Waals surface area contributed by atoms with Crippen LogP contribution < -0.4 is 15.4 Å². The van der Waals surface area contributed by atoms with Crippen molar-refractivity contribution in [3.05, 3.63) is 65.2 Å². The van der Waals surface area contributed by atoms with Crippen LogP contribution in [-0.4, -0.2) is 42.9 Å². The van der Waals surface area contributed by atoms with Crippen LogP contribution in [0.4, 0.5) is 4.79 Å². The van der Waals surface area contributed by atoms with Gasteiger partial charge in [0.2, 0.25) is 5.91 Å². The van der Waals surface area contributed by atoms with Crippen molar-refractivity contribution in [1.82, 2.24) is 15.5 Å². The predicted molar refractivity (Wildman–Crippen MR) is 118 cm³/mol. The number of para-hydroxylation sites is 1. The Morgan fingerprint density at radius 2 is 1.81 bits per heavy atom. The van der Waals surface area contributed by atoms with Crippen molar-refractivity contribution in [2.45, 2.75) is 38.6 Å². The van der Waals surface area contributed by atoms with Crippen molar-refractivity contribution in [3.63, 3.8) is 0 Å². The zero-order valence-electron chi connectivity index (χ0n) is 18.4. The zero-order chi connectivity index (χ0) is 22.6. The Labute approximate surface area is 182 Å². The number of hydrogen-bond donors (Lipinski definition) is 2. The first-order valence-electron chi connectivity index (χ1n) is 10.4. The van der Waals surface area contributed by atoms with E-state index < -0.39 is 23.4 Å². The molecule has 0 saturated carbocycles. The van der Waals surface area contributed by atoms with Crippen molar-refractivity contribution < 1.29 is 19.1 Å². The van der Waals surface area contributed by atoms with Gasteiger partial charge in [-0.25, -0.2) is 4.79 Å². The Balaban J connectivity index is 1.61. The molecule has 0 bridgehead atoms. The van der Waals surface area contributed by atoms with E-state index in [2.05, 4.69) is 24.5 Å². The molecule has 2 aromatic rings. The lowest BCUT2D eigenvalue weighted by Crippen LogP contribution is -2.43. The second-order valence-electron chi connectivity index (χ2n) is 8.13. The molecule has 7 nitrogen and oxygen atoms in total. The maximum absolute atomic E-state index is 13.0. The van der Waals surface area contributed by atoms with Gasteiger partial charge in [-0.2, -0.15) is 0 Å². The average molecular weight is 424 g/mol. The molecule has 1 fully saturated rings. The van der Waals surface area contributed by atoms with Crippen LogP contribution in [0.3, 0.4) is 0 Å². The lowest BCUT2D eigenvalue weighted by Gasteiger charge is -2.22. The van der Waals surface area contributed by atoms with Gasteiger partial charge in [-0.1, -0.05) is 56.3 Å². The minimum absolute atomic E-state index is 0.323. The first kappa shape index (κ1) is 22.3. The van der Waals surface area contributed by atoms with Gasteiger partial charge in [-0.3, -0.25) is 14.5 Å². The summed E-state index contributed by atoms with van der Waals surface area (Å²) < 4.78 is 5.31. The minimum atomic E-state index is -1.19. The molecule has 164 valence electrons. The molecule has 2 N–H and O–H groups in total. The Kier molecular flexibility index (Phi) is 6.63. The smallest absolute Gasteiger partial charge is 0.325 e. The molecule has 1 aliphatic heterocycles. The summed E-state index contributed by atoms with van der Waals surface area (Å²) in [4.78, 5) is 38.8. The van der Waals surface area contributed by atoms with Crippen LogP contribution in [0.5, 0.6) is 5.75 Å². The molecule has 1 atom stereocenters. The zero-order valence-corrected chi connectivity index (χ0v) is 18.4. The molecule has 0 aromatic heterocycles. The van der Waals surface area contributed by atoms with Crippen LogP contribution in [0.2, 0.25) is 0 Å². The monoisotopic (exact) mass is 423 g/mol. The number of methoxy groups -OCH3 is 1. The summed E-state index contributed by atoms with van der Waals surface area (Å²) in [7, 11) is 1.60. The summed E-state index contributed by atoms with van der Waals surface area (Å²) in [5, 5.41) is 5.51. The van der Waals surface area contributed by atoms with Crippen molar-refractivity contribution in [2.24, 2.45) is 0 Å². The summed E-state index contributed by atoms with van der Waals surface area (Å²) in [6.07, 6.45) is 0.579. The number of urea groups is 1. The largest absolute Gasteiger partial charge is 0.496 e. The molecular weight excluding hydrogens is 394 g/mol. The Hall–Kier alpha value is -3.35. The van der Waals surface area contributed by atoms with E-state index in [1.54, 1.807) is 14.0 Å². The topological polar surface area (TPSA) is 87.7 Å². The van der Waals surface area contributed by atoms with E-state index in [0.717, 1.165) is 21.8 Å². The fraction of sp³-hybridized carbons (Fsp3) is 0.375. The van der Waals surface area contributed by atoms with Gasteiger partial charge in [-0.15, -0.1) is 0 Å². The minimum Gasteiger partial charge on any atom is -0.496 e. The molecule has 3 rings (SSSR count). The van der Waals surface area contributed by atoms with Gasteiger partial charge in [0.1, 0.15) is 17.8 Å². The third-order valence-electron chi connectivity index (χ3n) is 5.64. The SMILES string of the molecule is COc1ccccc1CCNC(=O)CN1C(=O)N[C@](C)(c2ccc(C(C)C)cc2)C1=O. The van der Waals surface area contributed by atoms with E-state index in [-0.39, 0.29) is 6.54 Å². The molecular formula is C24H29N3O4. The molecule has 1 saturated heterocycles. The first-order valence-corrected chi connectivity index (χ1v) is 10.4. The van der Waals surface area contributed by atoms with Crippen LogP contribution in [0.1, 0.15) is 43.4 Å². The number of hydrogen-bond acceptors (Lipinski definition) is 4. The lowest BCUT2D eigenvalue weighted by molar-refractivity contribution is -0.134. The fourth-order valence-electron chi connectivity index (χ4n) is 3.68. The normalized spacial score (nSPS) is 18.3. The van der Waals surface area contributed by atoms with E-state index in [0.29, 0.717) is 24.4 Å². The van der Waals surface area contributed by atoms with Gasteiger partial charge in [0.05, 0.1) is 7.11 Å². The van der Waals surface area contributed by atoms with Gasteiger partial charge in [0.15, 0.2) is 0 Å². The van der Waals surface area contributed by atoms with Crippen LogP contribution >= 0.6 is 0 Å². The molecule has 2 aromatic carbocycles. The third kappa shape index (κ3) is 4.71. The van der Waals surface area contributed by atoms with Gasteiger partial charge in [0.25, 0.3) is 5.91 Å². The van der Waals surface area contributed by atoms with Gasteiger partial charge in [0, 0.05) is 6.54 Å². The van der Waals surface area contributed by atoms with E-state index in [1.165, 1.54) is 0 Å². The van der Waals surface area contributed by atoms with Crippen molar-refractivity contribution in [1.29, 1.82) is 0 Å². The number of nitrogens with one attached hydrogen (secondary N) is 2. The number of imide groups is 1. The predicted octanol–water partition coefficient (Wildman–Crippen LogP) is 2.94. The maximum Gasteiger partial charge on any atom is 0.325 e. The lowest BCUT2D eigenvalue weighted by atomic mass is 9.90. The van der Waals surface area contributed by atoms with Crippen molar-refractivity contribution in [2.75, 3.05) is 20.2 Å². The van der Waals surface area contributed by atoms with Crippen LogP contribution in [-0.2, 0) is 21.5 Å². The van der Waals surface area contributed by atoms with E-state index >= 15 is 0 Å². The molecule has 0 spiro atoms. The van der Waals surface area contributed by atoms with Crippen LogP contribution in [0.25, 0.3) is 0 Å². The summed E-state index contributed by atoms with van der Waals surface area (Å²) in [5.41, 5.74) is 1.62. The number of rotatable bonds is 8. The maximum atomic E-state index is 13.0. The van der Waals surface area contributed by atoms with Gasteiger partial charge < -0.3 is 15.4 Å². The Morgan fingerprint density at radius 3 is 2.45 bits per heavy atom. The van der Waals surface area contributed by atoms with Crippen LogP contribution in [0.15, 0.2) is 48.5 Å². The van der Waals surface area contributed by atoms with Gasteiger partial charge in [-0.05, 0) is 42.0 Å². The van der Waals surface area contributed by atoms with Crippen LogP contribution in [0, 0.1) is 0 Å². The molecule has 0 unspecified atom stereocenters. The summed E-state index contributed by atoms with van der Waals surface area (Å²) in [6.45, 7) is 5.89. The number of carbonyl (C=O) groups is 3. The third-order valence-corrected chi connectivity index (χ3v) is 5.64. The van der Waals surface area contributed by atoms with E-state index in [9.17, 15) is 14.4 Å². The number of nitrogens with zero attached hydrogens (tertiary/aromatic N) is 1. The fourth-order valence-corrected chi connectivity index (χ4v) is 3.68. The molecule has 0 radical (unpaired) electrons. The van der Waals surface area contributed by atoms with E-state index in [1.807, 2.05) is 48.5 Å². The molecule has 31 heavy (non-hydrogen) atoms. The highest BCUT2D eigenvalue weighted by Gasteiger charge is 2.49. The Morgan fingerprint density at radius 1 is 1.13 bits per heavy atom. The molecule has 1 heterocycles. The molecule has 0 aliphatic carbocycles. The number of carbonyl (C=O) groups excluding carboxylic acids is 3. The van der Waals surface area contributed by atoms with E-state index in [4.69, 9.17) is 4.74 Å². The van der Waals surface area contributed by atoms with Gasteiger partial charge >= 0.3 is 6.03 Å². The second kappa shape index (κ2) is 9.20. The highest BCUT2D eigenvalue weighted by Crippen LogP contribution is 2.29. The number of ether oxygens (including phenoxy) is 1. The molecule has 1 aliphatic rings. The summed E-state index contributed by atoms with van der Waals surface area (Å²) in [5.74, 6) is 0.296. The summed E-state index contributed by atoms with van der Waals surface area (Å²) in [6, 6.07) is 14.6. The number of benzene rings is 2. The highest BCUT2D eigenvalue weighted by molar-refractivity contribution is 6.09. The quantitative estimate of drug-likeness (QED) is 0.639. The summed E-state index contributed by atoms with van der Waals surface area (Å²) >= 11 is 0. The number of amides is 4. The standard InChI is InChI=1S/C24H29N3O4/c1-16(2)17-9-11-19(12-10-17)24(3)22(29)27(23(30)26-24)15-21(28)25-14-13-18-7-5-6-8-20(18)31-4/h5-12,16H,13-15H2,1-4H3,(H,25,28)(H,26,30)/t24-/m1/s1. The Bertz CT molecular complexity index is 971. The average Bonchev–Trinajstić information content (AvgIpc) is 2.98. The van der Waals surface area contributed by atoms with Crippen molar-refractivity contribution >= 4 is 17.8 Å². The highest BCUT2D eigenvalue weighted by atomic mass is 16.5. The van der Waals surface area contributed by atoms with Crippen molar-refractivity contribution in [3.8, 4) is 5.75 Å².